The zero-order valence-electron chi connectivity index (χ0n) is 19.0. The third-order valence-electron chi connectivity index (χ3n) is 5.07. The minimum atomic E-state index is -1.08. The van der Waals surface area contributed by atoms with Gasteiger partial charge in [0.15, 0.2) is 0 Å². The fourth-order valence-electron chi connectivity index (χ4n) is 3.54. The number of rotatable bonds is 15. The van der Waals surface area contributed by atoms with Crippen molar-refractivity contribution >= 4 is 5.97 Å². The summed E-state index contributed by atoms with van der Waals surface area (Å²) in [4.78, 5) is 8.89. The van der Waals surface area contributed by atoms with E-state index in [0.717, 1.165) is 18.0 Å². The van der Waals surface area contributed by atoms with Gasteiger partial charge in [0.25, 0.3) is 0 Å². The van der Waals surface area contributed by atoms with Gasteiger partial charge < -0.3 is 14.4 Å². The summed E-state index contributed by atoms with van der Waals surface area (Å²) in [6, 6.07) is 10.9. The maximum Gasteiger partial charge on any atom is 0.104 e. The molecule has 0 aliphatic carbocycles. The van der Waals surface area contributed by atoms with E-state index in [1.165, 1.54) is 89.2 Å². The summed E-state index contributed by atoms with van der Waals surface area (Å²) in [5.74, 6) is -1.08. The lowest BCUT2D eigenvalue weighted by Crippen LogP contribution is -2.39. The van der Waals surface area contributed by atoms with Crippen LogP contribution in [0.1, 0.15) is 96.5 Å². The molecule has 0 amide bonds. The standard InChI is InChI=1S/C23H42N.C2H4O2/c1-4-5-6-7-8-9-10-11-12-13-14-18-21-24(2,3)22-23-19-16-15-17-20-23;1-2(3)4/h15-17,19-20H,4-14,18,21-22H2,1-3H3;1H3,(H,3,4)/q+1;/p-1. The minimum Gasteiger partial charge on any atom is -0.550 e. The second-order valence-electron chi connectivity index (χ2n) is 8.68. The van der Waals surface area contributed by atoms with E-state index in [2.05, 4.69) is 51.4 Å². The molecule has 0 saturated heterocycles. The Kier molecular flexibility index (Phi) is 16.9. The van der Waals surface area contributed by atoms with E-state index in [1.54, 1.807) is 0 Å². The SMILES string of the molecule is CC(=O)[O-].CCCCCCCCCCCCCC[N+](C)(C)Cc1ccccc1. The Morgan fingerprint density at radius 3 is 1.61 bits per heavy atom. The molecule has 3 nitrogen and oxygen atoms in total. The predicted octanol–water partition coefficient (Wildman–Crippen LogP) is 5.72. The molecule has 0 radical (unpaired) electrons. The number of benzene rings is 1. The van der Waals surface area contributed by atoms with Crippen molar-refractivity contribution in [2.45, 2.75) is 97.4 Å². The summed E-state index contributed by atoms with van der Waals surface area (Å²) in [7, 11) is 4.73. The van der Waals surface area contributed by atoms with Gasteiger partial charge in [-0.3, -0.25) is 0 Å². The molecule has 1 aromatic rings. The fraction of sp³-hybridized carbons (Fsp3) is 0.720. The Balaban J connectivity index is 0.00000165. The number of nitrogens with zero attached hydrogens (tertiary/aromatic N) is 1. The van der Waals surface area contributed by atoms with Gasteiger partial charge in [0.05, 0.1) is 20.6 Å². The van der Waals surface area contributed by atoms with Gasteiger partial charge in [0.1, 0.15) is 6.54 Å². The molecule has 1 rings (SSSR count). The molecular formula is C25H45NO2. The predicted molar refractivity (Wildman–Crippen MR) is 119 cm³/mol. The van der Waals surface area contributed by atoms with Crippen molar-refractivity contribution in [1.29, 1.82) is 0 Å². The van der Waals surface area contributed by atoms with Crippen LogP contribution in [0.4, 0.5) is 0 Å². The highest BCUT2D eigenvalue weighted by molar-refractivity contribution is 5.60. The van der Waals surface area contributed by atoms with E-state index in [4.69, 9.17) is 9.90 Å². The molecule has 0 fully saturated rings. The molecular weight excluding hydrogens is 346 g/mol. The Morgan fingerprint density at radius 1 is 0.786 bits per heavy atom. The molecule has 0 unspecified atom stereocenters. The number of hydrogen-bond donors (Lipinski definition) is 0. The van der Waals surface area contributed by atoms with Gasteiger partial charge in [-0.05, 0) is 19.8 Å². The van der Waals surface area contributed by atoms with Gasteiger partial charge in [-0.25, -0.2) is 0 Å². The number of quaternary nitrogens is 1. The lowest BCUT2D eigenvalue weighted by atomic mass is 10.1. The number of carbonyl (C=O) groups excluding carboxylic acids is 1. The van der Waals surface area contributed by atoms with Crippen molar-refractivity contribution in [3.05, 3.63) is 35.9 Å². The molecule has 0 bridgehead atoms. The topological polar surface area (TPSA) is 40.1 Å². The van der Waals surface area contributed by atoms with Crippen LogP contribution < -0.4 is 5.11 Å². The van der Waals surface area contributed by atoms with Crippen molar-refractivity contribution in [2.24, 2.45) is 0 Å². The molecule has 162 valence electrons. The Morgan fingerprint density at radius 2 is 1.18 bits per heavy atom. The molecule has 0 aliphatic heterocycles. The van der Waals surface area contributed by atoms with E-state index >= 15 is 0 Å². The van der Waals surface area contributed by atoms with E-state index in [-0.39, 0.29) is 0 Å². The summed E-state index contributed by atoms with van der Waals surface area (Å²) in [5.41, 5.74) is 1.46. The van der Waals surface area contributed by atoms with Gasteiger partial charge >= 0.3 is 0 Å². The lowest BCUT2D eigenvalue weighted by Gasteiger charge is -2.30. The monoisotopic (exact) mass is 391 g/mol. The van der Waals surface area contributed by atoms with Crippen molar-refractivity contribution in [2.75, 3.05) is 20.6 Å². The maximum absolute atomic E-state index is 8.89. The summed E-state index contributed by atoms with van der Waals surface area (Å²) >= 11 is 0. The highest BCUT2D eigenvalue weighted by Crippen LogP contribution is 2.14. The van der Waals surface area contributed by atoms with Gasteiger partial charge in [0, 0.05) is 11.5 Å². The maximum atomic E-state index is 8.89. The highest BCUT2D eigenvalue weighted by Gasteiger charge is 2.14. The molecule has 3 heteroatoms. The van der Waals surface area contributed by atoms with Crippen LogP contribution in [-0.4, -0.2) is 31.1 Å². The average molecular weight is 392 g/mol. The van der Waals surface area contributed by atoms with Gasteiger partial charge in [-0.1, -0.05) is 101 Å². The zero-order chi connectivity index (χ0) is 21.1. The van der Waals surface area contributed by atoms with Crippen LogP contribution in [0, 0.1) is 0 Å². The van der Waals surface area contributed by atoms with E-state index in [9.17, 15) is 0 Å². The number of carboxylic acid groups (broad SMARTS) is 1. The average Bonchev–Trinajstić information content (AvgIpc) is 2.62. The van der Waals surface area contributed by atoms with Crippen molar-refractivity contribution in [3.63, 3.8) is 0 Å². The normalized spacial score (nSPS) is 11.0. The van der Waals surface area contributed by atoms with Gasteiger partial charge in [0.2, 0.25) is 0 Å². The van der Waals surface area contributed by atoms with Crippen molar-refractivity contribution in [3.8, 4) is 0 Å². The van der Waals surface area contributed by atoms with Crippen LogP contribution in [-0.2, 0) is 11.3 Å². The zero-order valence-corrected chi connectivity index (χ0v) is 19.0. The first-order valence-corrected chi connectivity index (χ1v) is 11.4. The minimum absolute atomic E-state index is 0.972. The molecule has 0 aromatic heterocycles. The highest BCUT2D eigenvalue weighted by atomic mass is 16.4. The van der Waals surface area contributed by atoms with Gasteiger partial charge in [-0.2, -0.15) is 0 Å². The Hall–Kier alpha value is -1.35. The number of carbonyl (C=O) groups is 1. The molecule has 0 heterocycles. The Labute approximate surface area is 174 Å². The lowest BCUT2D eigenvalue weighted by molar-refractivity contribution is -0.903. The molecule has 0 spiro atoms. The number of aliphatic carboxylic acids is 1. The third kappa shape index (κ3) is 19.4. The first kappa shape index (κ1) is 26.6. The molecule has 0 saturated carbocycles. The molecule has 0 aliphatic rings. The summed E-state index contributed by atoms with van der Waals surface area (Å²) in [5, 5.41) is 8.89. The fourth-order valence-corrected chi connectivity index (χ4v) is 3.54. The summed E-state index contributed by atoms with van der Waals surface area (Å²) in [6.07, 6.45) is 17.2. The van der Waals surface area contributed by atoms with Crippen LogP contribution in [0.25, 0.3) is 0 Å². The van der Waals surface area contributed by atoms with E-state index in [1.807, 2.05) is 0 Å². The molecule has 0 atom stereocenters. The number of unbranched alkanes of at least 4 members (excludes halogenated alkanes) is 11. The molecule has 1 aromatic carbocycles. The summed E-state index contributed by atoms with van der Waals surface area (Å²) in [6.45, 7) is 5.72. The van der Waals surface area contributed by atoms with Crippen LogP contribution in [0.2, 0.25) is 0 Å². The number of hydrogen-bond acceptors (Lipinski definition) is 2. The quantitative estimate of drug-likeness (QED) is 0.283. The van der Waals surface area contributed by atoms with Crippen LogP contribution in [0.15, 0.2) is 30.3 Å². The van der Waals surface area contributed by atoms with Crippen molar-refractivity contribution < 1.29 is 14.4 Å². The van der Waals surface area contributed by atoms with Crippen LogP contribution >= 0.6 is 0 Å². The second kappa shape index (κ2) is 17.7. The van der Waals surface area contributed by atoms with Crippen LogP contribution in [0.3, 0.4) is 0 Å². The first-order valence-electron chi connectivity index (χ1n) is 11.4. The molecule has 0 N–H and O–H groups in total. The molecule has 28 heavy (non-hydrogen) atoms. The first-order chi connectivity index (χ1) is 13.4. The van der Waals surface area contributed by atoms with Crippen molar-refractivity contribution in [1.82, 2.24) is 0 Å². The Bertz CT molecular complexity index is 467. The van der Waals surface area contributed by atoms with Crippen LogP contribution in [0.5, 0.6) is 0 Å². The summed E-state index contributed by atoms with van der Waals surface area (Å²) < 4.78 is 1.11. The van der Waals surface area contributed by atoms with E-state index < -0.39 is 5.97 Å². The van der Waals surface area contributed by atoms with E-state index in [0.29, 0.717) is 0 Å². The largest absolute Gasteiger partial charge is 0.550 e. The number of carboxylic acids is 1. The second-order valence-corrected chi connectivity index (χ2v) is 8.68. The third-order valence-corrected chi connectivity index (χ3v) is 5.07. The smallest absolute Gasteiger partial charge is 0.104 e. The van der Waals surface area contributed by atoms with Gasteiger partial charge in [-0.15, -0.1) is 0 Å².